The second kappa shape index (κ2) is 5.31. The van der Waals surface area contributed by atoms with E-state index < -0.39 is 6.17 Å². The molecule has 22 heavy (non-hydrogen) atoms. The number of aliphatic hydroxyl groups is 1. The SMILES string of the molecule is OC1CCN(c2ncnc3ccc(N4CCC(F)C4)nc23)C1. The summed E-state index contributed by atoms with van der Waals surface area (Å²) in [7, 11) is 0. The van der Waals surface area contributed by atoms with E-state index >= 15 is 0 Å². The summed E-state index contributed by atoms with van der Waals surface area (Å²) in [5.74, 6) is 1.52. The van der Waals surface area contributed by atoms with Crippen molar-refractivity contribution in [1.82, 2.24) is 15.0 Å². The molecule has 0 aliphatic carbocycles. The zero-order chi connectivity index (χ0) is 15.1. The number of nitrogens with zero attached hydrogens (tertiary/aromatic N) is 5. The Balaban J connectivity index is 1.74. The standard InChI is InChI=1S/C15H18FN5O/c16-10-3-5-20(7-10)13-2-1-12-14(19-13)15(18-9-17-12)21-6-4-11(22)8-21/h1-2,9-11,22H,3-8H2. The van der Waals surface area contributed by atoms with Crippen LogP contribution in [-0.2, 0) is 0 Å². The molecule has 116 valence electrons. The summed E-state index contributed by atoms with van der Waals surface area (Å²) in [5, 5.41) is 9.73. The van der Waals surface area contributed by atoms with E-state index in [2.05, 4.69) is 15.0 Å². The first-order valence-corrected chi connectivity index (χ1v) is 7.64. The minimum absolute atomic E-state index is 0.320. The molecule has 4 heterocycles. The first kappa shape index (κ1) is 13.6. The number of alkyl halides is 1. The third-order valence-corrected chi connectivity index (χ3v) is 4.37. The van der Waals surface area contributed by atoms with Gasteiger partial charge in [-0.2, -0.15) is 0 Å². The van der Waals surface area contributed by atoms with E-state index in [1.165, 1.54) is 6.33 Å². The molecule has 4 rings (SSSR count). The minimum Gasteiger partial charge on any atom is -0.391 e. The van der Waals surface area contributed by atoms with E-state index in [9.17, 15) is 9.50 Å². The number of pyridine rings is 1. The summed E-state index contributed by atoms with van der Waals surface area (Å²) in [6, 6.07) is 3.79. The van der Waals surface area contributed by atoms with Crippen LogP contribution in [0, 0.1) is 0 Å². The van der Waals surface area contributed by atoms with Gasteiger partial charge in [-0.15, -0.1) is 0 Å². The zero-order valence-electron chi connectivity index (χ0n) is 12.2. The van der Waals surface area contributed by atoms with Crippen LogP contribution >= 0.6 is 0 Å². The van der Waals surface area contributed by atoms with E-state index in [0.29, 0.717) is 26.1 Å². The van der Waals surface area contributed by atoms with Crippen LogP contribution < -0.4 is 9.80 Å². The molecule has 1 N–H and O–H groups in total. The molecule has 2 saturated heterocycles. The number of hydrogen-bond acceptors (Lipinski definition) is 6. The van der Waals surface area contributed by atoms with Crippen molar-refractivity contribution in [1.29, 1.82) is 0 Å². The summed E-state index contributed by atoms with van der Waals surface area (Å²) in [4.78, 5) is 17.3. The quantitative estimate of drug-likeness (QED) is 0.897. The van der Waals surface area contributed by atoms with E-state index in [4.69, 9.17) is 0 Å². The third-order valence-electron chi connectivity index (χ3n) is 4.37. The maximum absolute atomic E-state index is 13.4. The lowest BCUT2D eigenvalue weighted by Gasteiger charge is -2.20. The number of β-amino-alcohol motifs (C(OH)–C–C–N with tert-alkyl or cyclic N) is 1. The van der Waals surface area contributed by atoms with Crippen molar-refractivity contribution in [2.24, 2.45) is 0 Å². The van der Waals surface area contributed by atoms with Crippen LogP contribution in [0.15, 0.2) is 18.5 Å². The Hall–Kier alpha value is -2.02. The summed E-state index contributed by atoms with van der Waals surface area (Å²) >= 11 is 0. The van der Waals surface area contributed by atoms with Crippen LogP contribution in [-0.4, -0.2) is 58.5 Å². The van der Waals surface area contributed by atoms with Crippen molar-refractivity contribution in [2.45, 2.75) is 25.1 Å². The molecule has 2 aromatic rings. The van der Waals surface area contributed by atoms with Gasteiger partial charge in [0.05, 0.1) is 18.2 Å². The van der Waals surface area contributed by atoms with Crippen LogP contribution in [0.25, 0.3) is 11.0 Å². The molecule has 0 saturated carbocycles. The van der Waals surface area contributed by atoms with Crippen LogP contribution in [0.1, 0.15) is 12.8 Å². The Kier molecular flexibility index (Phi) is 3.29. The molecule has 0 bridgehead atoms. The Labute approximate surface area is 127 Å². The second-order valence-corrected chi connectivity index (χ2v) is 5.95. The lowest BCUT2D eigenvalue weighted by molar-refractivity contribution is 0.198. The van der Waals surface area contributed by atoms with E-state index in [1.807, 2.05) is 21.9 Å². The zero-order valence-corrected chi connectivity index (χ0v) is 12.2. The molecule has 6 nitrogen and oxygen atoms in total. The number of hydrogen-bond donors (Lipinski definition) is 1. The Morgan fingerprint density at radius 1 is 1.09 bits per heavy atom. The van der Waals surface area contributed by atoms with Gasteiger partial charge in [0, 0.05) is 19.6 Å². The molecule has 7 heteroatoms. The van der Waals surface area contributed by atoms with Crippen LogP contribution in [0.3, 0.4) is 0 Å². The van der Waals surface area contributed by atoms with Crippen LogP contribution in [0.4, 0.5) is 16.0 Å². The van der Waals surface area contributed by atoms with Crippen molar-refractivity contribution in [3.05, 3.63) is 18.5 Å². The number of rotatable bonds is 2. The fourth-order valence-corrected chi connectivity index (χ4v) is 3.18. The maximum atomic E-state index is 13.4. The molecule has 0 spiro atoms. The van der Waals surface area contributed by atoms with Crippen molar-refractivity contribution in [3.8, 4) is 0 Å². The number of anilines is 2. The summed E-state index contributed by atoms with van der Waals surface area (Å²) in [5.41, 5.74) is 1.49. The van der Waals surface area contributed by atoms with Crippen molar-refractivity contribution < 1.29 is 9.50 Å². The lowest BCUT2D eigenvalue weighted by atomic mass is 10.3. The molecular weight excluding hydrogens is 285 g/mol. The molecule has 2 fully saturated rings. The fraction of sp³-hybridized carbons (Fsp3) is 0.533. The minimum atomic E-state index is -0.780. The van der Waals surface area contributed by atoms with Gasteiger partial charge in [-0.05, 0) is 25.0 Å². The van der Waals surface area contributed by atoms with Gasteiger partial charge in [-0.25, -0.2) is 19.3 Å². The topological polar surface area (TPSA) is 65.4 Å². The number of aliphatic hydroxyl groups excluding tert-OH is 1. The molecule has 2 aliphatic rings. The lowest BCUT2D eigenvalue weighted by Crippen LogP contribution is -2.24. The van der Waals surface area contributed by atoms with Gasteiger partial charge in [-0.3, -0.25) is 0 Å². The van der Waals surface area contributed by atoms with Gasteiger partial charge in [0.15, 0.2) is 5.82 Å². The average Bonchev–Trinajstić information content (AvgIpc) is 3.15. The summed E-state index contributed by atoms with van der Waals surface area (Å²) in [6.07, 6.45) is 1.71. The van der Waals surface area contributed by atoms with E-state index in [-0.39, 0.29) is 6.10 Å². The van der Waals surface area contributed by atoms with Gasteiger partial charge in [-0.1, -0.05) is 0 Å². The van der Waals surface area contributed by atoms with Crippen molar-refractivity contribution in [3.63, 3.8) is 0 Å². The maximum Gasteiger partial charge on any atom is 0.158 e. The average molecular weight is 303 g/mol. The van der Waals surface area contributed by atoms with Gasteiger partial charge in [0.25, 0.3) is 0 Å². The first-order chi connectivity index (χ1) is 10.7. The highest BCUT2D eigenvalue weighted by Gasteiger charge is 2.26. The molecule has 2 atom stereocenters. The highest BCUT2D eigenvalue weighted by atomic mass is 19.1. The first-order valence-electron chi connectivity index (χ1n) is 7.64. The Bertz CT molecular complexity index is 697. The van der Waals surface area contributed by atoms with E-state index in [0.717, 1.165) is 35.6 Å². The normalized spacial score (nSPS) is 25.4. The number of halogens is 1. The van der Waals surface area contributed by atoms with Gasteiger partial charge >= 0.3 is 0 Å². The Morgan fingerprint density at radius 2 is 1.95 bits per heavy atom. The smallest absolute Gasteiger partial charge is 0.158 e. The monoisotopic (exact) mass is 303 g/mol. The Morgan fingerprint density at radius 3 is 2.68 bits per heavy atom. The van der Waals surface area contributed by atoms with Crippen LogP contribution in [0.2, 0.25) is 0 Å². The van der Waals surface area contributed by atoms with Gasteiger partial charge in [0.2, 0.25) is 0 Å². The van der Waals surface area contributed by atoms with Crippen molar-refractivity contribution >= 4 is 22.7 Å². The van der Waals surface area contributed by atoms with Gasteiger partial charge < -0.3 is 14.9 Å². The summed E-state index contributed by atoms with van der Waals surface area (Å²) < 4.78 is 13.4. The van der Waals surface area contributed by atoms with Gasteiger partial charge in [0.1, 0.15) is 23.8 Å². The highest BCUT2D eigenvalue weighted by molar-refractivity contribution is 5.86. The molecule has 2 unspecified atom stereocenters. The largest absolute Gasteiger partial charge is 0.391 e. The predicted octanol–water partition coefficient (Wildman–Crippen LogP) is 1.14. The number of fused-ring (bicyclic) bond motifs is 1. The molecule has 2 aliphatic heterocycles. The molecular formula is C15H18FN5O. The van der Waals surface area contributed by atoms with E-state index in [1.54, 1.807) is 0 Å². The van der Waals surface area contributed by atoms with Crippen LogP contribution in [0.5, 0.6) is 0 Å². The molecule has 0 radical (unpaired) electrons. The molecule has 0 aromatic carbocycles. The number of aromatic nitrogens is 3. The predicted molar refractivity (Wildman–Crippen MR) is 81.9 cm³/mol. The fourth-order valence-electron chi connectivity index (χ4n) is 3.18. The molecule has 0 amide bonds. The second-order valence-electron chi connectivity index (χ2n) is 5.95. The summed E-state index contributed by atoms with van der Waals surface area (Å²) in [6.45, 7) is 2.40. The molecule has 2 aromatic heterocycles. The third kappa shape index (κ3) is 2.35. The highest BCUT2D eigenvalue weighted by Crippen LogP contribution is 2.28. The van der Waals surface area contributed by atoms with Crippen molar-refractivity contribution in [2.75, 3.05) is 36.0 Å².